The fourth-order valence-electron chi connectivity index (χ4n) is 4.53. The van der Waals surface area contributed by atoms with Crippen molar-refractivity contribution in [1.29, 1.82) is 0 Å². The van der Waals surface area contributed by atoms with Crippen molar-refractivity contribution in [3.8, 4) is 0 Å². The molecule has 1 spiro atoms. The van der Waals surface area contributed by atoms with Crippen LogP contribution in [0.3, 0.4) is 0 Å². The number of likely N-dealkylation sites (tertiary alicyclic amines) is 1. The number of carboxylic acid groups (broad SMARTS) is 1. The molecule has 0 aromatic heterocycles. The first-order valence-corrected chi connectivity index (χ1v) is 10.2. The molecule has 1 aromatic carbocycles. The highest BCUT2D eigenvalue weighted by Gasteiger charge is 2.48. The zero-order valence-electron chi connectivity index (χ0n) is 17.0. The monoisotopic (exact) mass is 446 g/mol. The maximum atomic E-state index is 13.5. The van der Waals surface area contributed by atoms with Crippen molar-refractivity contribution < 1.29 is 37.0 Å². The summed E-state index contributed by atoms with van der Waals surface area (Å²) in [7, 11) is 0. The van der Waals surface area contributed by atoms with Gasteiger partial charge in [0.25, 0.3) is 0 Å². The molecule has 1 amide bonds. The summed E-state index contributed by atoms with van der Waals surface area (Å²) in [6.45, 7) is 5.67. The molecule has 1 atom stereocenters. The van der Waals surface area contributed by atoms with Crippen LogP contribution in [0, 0.1) is 17.2 Å². The first kappa shape index (κ1) is 23.5. The van der Waals surface area contributed by atoms with Gasteiger partial charge in [-0.15, -0.1) is 0 Å². The van der Waals surface area contributed by atoms with E-state index in [9.17, 15) is 22.4 Å². The molecule has 0 saturated carbocycles. The molecule has 0 bridgehead atoms. The fraction of sp³-hybridized carbons (Fsp3) is 0.619. The molecule has 10 heteroatoms. The molecule has 3 fully saturated rings. The number of ether oxygens (including phenoxy) is 1. The molecule has 3 aliphatic heterocycles. The Hall–Kier alpha value is -2.20. The number of hydrogen-bond donors (Lipinski definition) is 1. The summed E-state index contributed by atoms with van der Waals surface area (Å²) < 4.78 is 50.7. The number of amides is 1. The van der Waals surface area contributed by atoms with Crippen molar-refractivity contribution in [2.75, 3.05) is 44.3 Å². The Labute approximate surface area is 177 Å². The number of anilines is 1. The van der Waals surface area contributed by atoms with E-state index < -0.39 is 12.1 Å². The minimum absolute atomic E-state index is 0.0502. The lowest BCUT2D eigenvalue weighted by Crippen LogP contribution is -2.34. The maximum Gasteiger partial charge on any atom is 0.490 e. The molecule has 1 aromatic rings. The molecule has 4 rings (SSSR count). The second kappa shape index (κ2) is 9.52. The molecule has 31 heavy (non-hydrogen) atoms. The summed E-state index contributed by atoms with van der Waals surface area (Å²) in [6, 6.07) is 6.39. The summed E-state index contributed by atoms with van der Waals surface area (Å²) in [5.41, 5.74) is 0.744. The third kappa shape index (κ3) is 6.16. The van der Waals surface area contributed by atoms with E-state index in [2.05, 4.69) is 4.90 Å². The van der Waals surface area contributed by atoms with Gasteiger partial charge in [0.15, 0.2) is 0 Å². The molecule has 3 aliphatic rings. The van der Waals surface area contributed by atoms with Gasteiger partial charge in [-0.3, -0.25) is 4.79 Å². The van der Waals surface area contributed by atoms with Crippen molar-refractivity contribution >= 4 is 17.6 Å². The van der Waals surface area contributed by atoms with Gasteiger partial charge < -0.3 is 19.6 Å². The summed E-state index contributed by atoms with van der Waals surface area (Å²) in [6.07, 6.45) is -1.13. The van der Waals surface area contributed by atoms with Crippen molar-refractivity contribution in [2.45, 2.75) is 31.9 Å². The Morgan fingerprint density at radius 1 is 1.23 bits per heavy atom. The van der Waals surface area contributed by atoms with E-state index in [1.165, 1.54) is 12.1 Å². The first-order valence-electron chi connectivity index (χ1n) is 10.2. The zero-order chi connectivity index (χ0) is 22.6. The average molecular weight is 446 g/mol. The number of hydrogen-bond acceptors (Lipinski definition) is 4. The summed E-state index contributed by atoms with van der Waals surface area (Å²) in [5.74, 6) is -2.18. The Kier molecular flexibility index (Phi) is 7.20. The smallest absolute Gasteiger partial charge is 0.475 e. The van der Waals surface area contributed by atoms with Crippen LogP contribution in [0.15, 0.2) is 24.3 Å². The van der Waals surface area contributed by atoms with E-state index in [1.54, 1.807) is 11.0 Å². The van der Waals surface area contributed by atoms with Crippen LogP contribution in [-0.4, -0.2) is 67.5 Å². The highest BCUT2D eigenvalue weighted by Crippen LogP contribution is 2.42. The van der Waals surface area contributed by atoms with Crippen LogP contribution in [0.5, 0.6) is 0 Å². The van der Waals surface area contributed by atoms with Gasteiger partial charge in [-0.1, -0.05) is 6.07 Å². The number of carboxylic acids is 1. The topological polar surface area (TPSA) is 70.1 Å². The van der Waals surface area contributed by atoms with E-state index >= 15 is 0 Å². The molecular formula is C21H26F4N2O4. The van der Waals surface area contributed by atoms with Gasteiger partial charge >= 0.3 is 12.1 Å². The van der Waals surface area contributed by atoms with Crippen LogP contribution in [0.1, 0.15) is 25.7 Å². The Morgan fingerprint density at radius 2 is 1.90 bits per heavy atom. The van der Waals surface area contributed by atoms with E-state index in [1.807, 2.05) is 6.07 Å². The predicted molar refractivity (Wildman–Crippen MR) is 104 cm³/mol. The SMILES string of the molecule is O=C(O)C(F)(F)F.O=C1CC2(CCN(CC3CCOCC3)C2)CN1c1cccc(F)c1. The Morgan fingerprint density at radius 3 is 2.52 bits per heavy atom. The molecule has 3 saturated heterocycles. The molecule has 0 radical (unpaired) electrons. The molecule has 3 heterocycles. The van der Waals surface area contributed by atoms with Gasteiger partial charge in [0.05, 0.1) is 0 Å². The molecule has 0 aliphatic carbocycles. The second-order valence-electron chi connectivity index (χ2n) is 8.48. The maximum absolute atomic E-state index is 13.5. The quantitative estimate of drug-likeness (QED) is 0.722. The van der Waals surface area contributed by atoms with Crippen molar-refractivity contribution in [3.05, 3.63) is 30.1 Å². The van der Waals surface area contributed by atoms with E-state index in [0.29, 0.717) is 12.1 Å². The predicted octanol–water partition coefficient (Wildman–Crippen LogP) is 3.31. The van der Waals surface area contributed by atoms with E-state index in [0.717, 1.165) is 64.6 Å². The lowest BCUT2D eigenvalue weighted by molar-refractivity contribution is -0.192. The number of carbonyl (C=O) groups is 2. The third-order valence-corrected chi connectivity index (χ3v) is 6.06. The van der Waals surface area contributed by atoms with E-state index in [-0.39, 0.29) is 17.1 Å². The lowest BCUT2D eigenvalue weighted by atomic mass is 9.86. The Bertz CT molecular complexity index is 798. The molecular weight excluding hydrogens is 420 g/mol. The van der Waals surface area contributed by atoms with Gasteiger partial charge in [-0.2, -0.15) is 13.2 Å². The van der Waals surface area contributed by atoms with E-state index in [4.69, 9.17) is 14.6 Å². The van der Waals surface area contributed by atoms with Gasteiger partial charge in [-0.25, -0.2) is 9.18 Å². The van der Waals surface area contributed by atoms with Gasteiger partial charge in [0, 0.05) is 50.4 Å². The number of benzene rings is 1. The van der Waals surface area contributed by atoms with Crippen LogP contribution in [0.2, 0.25) is 0 Å². The van der Waals surface area contributed by atoms with Crippen LogP contribution in [0.4, 0.5) is 23.2 Å². The normalized spacial score (nSPS) is 25.0. The van der Waals surface area contributed by atoms with Crippen LogP contribution < -0.4 is 4.90 Å². The van der Waals surface area contributed by atoms with Crippen molar-refractivity contribution in [3.63, 3.8) is 0 Å². The minimum atomic E-state index is -5.08. The fourth-order valence-corrected chi connectivity index (χ4v) is 4.53. The Balaban J connectivity index is 0.000000339. The third-order valence-electron chi connectivity index (χ3n) is 6.06. The van der Waals surface area contributed by atoms with Crippen LogP contribution in [-0.2, 0) is 14.3 Å². The second-order valence-corrected chi connectivity index (χ2v) is 8.48. The van der Waals surface area contributed by atoms with Gasteiger partial charge in [0.1, 0.15) is 5.82 Å². The lowest BCUT2D eigenvalue weighted by Gasteiger charge is -2.28. The zero-order valence-corrected chi connectivity index (χ0v) is 17.0. The summed E-state index contributed by atoms with van der Waals surface area (Å²) in [4.78, 5) is 25.7. The van der Waals surface area contributed by atoms with Crippen LogP contribution in [0.25, 0.3) is 0 Å². The largest absolute Gasteiger partial charge is 0.490 e. The number of rotatable bonds is 3. The first-order chi connectivity index (χ1) is 14.6. The number of alkyl halides is 3. The average Bonchev–Trinajstić information content (AvgIpc) is 3.24. The highest BCUT2D eigenvalue weighted by molar-refractivity contribution is 5.96. The standard InChI is InChI=1S/C19H25FN2O2.C2HF3O2/c20-16-2-1-3-17(10-16)22-14-19(11-18(22)23)6-7-21(13-19)12-15-4-8-24-9-5-15;3-2(4,5)1(6)7/h1-3,10,15H,4-9,11-14H2;(H,6,7). The molecule has 6 nitrogen and oxygen atoms in total. The molecule has 1 unspecified atom stereocenters. The number of halogens is 4. The summed E-state index contributed by atoms with van der Waals surface area (Å²) >= 11 is 0. The number of carbonyl (C=O) groups excluding carboxylic acids is 1. The number of nitrogens with zero attached hydrogens (tertiary/aromatic N) is 2. The summed E-state index contributed by atoms with van der Waals surface area (Å²) in [5, 5.41) is 7.12. The molecule has 1 N–H and O–H groups in total. The number of aliphatic carboxylic acids is 1. The highest BCUT2D eigenvalue weighted by atomic mass is 19.4. The molecule has 172 valence electrons. The van der Waals surface area contributed by atoms with Crippen LogP contribution >= 0.6 is 0 Å². The minimum Gasteiger partial charge on any atom is -0.475 e. The van der Waals surface area contributed by atoms with Gasteiger partial charge in [-0.05, 0) is 49.9 Å². The van der Waals surface area contributed by atoms with Crippen molar-refractivity contribution in [1.82, 2.24) is 4.90 Å². The van der Waals surface area contributed by atoms with Gasteiger partial charge in [0.2, 0.25) is 5.91 Å². The van der Waals surface area contributed by atoms with Crippen molar-refractivity contribution in [2.24, 2.45) is 11.3 Å².